The third kappa shape index (κ3) is 12.0. The maximum Gasteiger partial charge on any atom is 0.347 e. The van der Waals surface area contributed by atoms with Crippen molar-refractivity contribution in [2.24, 2.45) is 5.92 Å². The van der Waals surface area contributed by atoms with Crippen molar-refractivity contribution < 1.29 is 47.8 Å². The number of carbonyl (C=O) groups is 5. The predicted octanol–water partition coefficient (Wildman–Crippen LogP) is 1.98. The third-order valence-corrected chi connectivity index (χ3v) is 7.56. The zero-order chi connectivity index (χ0) is 32.3. The number of rotatable bonds is 14. The Morgan fingerprint density at radius 2 is 1.21 bits per heavy atom. The van der Waals surface area contributed by atoms with Crippen molar-refractivity contribution in [3.8, 4) is 11.5 Å². The average Bonchev–Trinajstić information content (AvgIpc) is 2.91. The predicted molar refractivity (Wildman–Crippen MR) is 156 cm³/mol. The highest BCUT2D eigenvalue weighted by molar-refractivity contribution is 7.52. The summed E-state index contributed by atoms with van der Waals surface area (Å²) < 4.78 is 22.4. The number of amides is 3. The molecule has 0 radical (unpaired) electrons. The number of esters is 2. The normalized spacial score (nSPS) is 13.9. The summed E-state index contributed by atoms with van der Waals surface area (Å²) in [7, 11) is -4.90. The molecule has 2 aromatic rings. The molecule has 0 aliphatic rings. The maximum absolute atomic E-state index is 13.5. The Morgan fingerprint density at radius 1 is 0.744 bits per heavy atom. The van der Waals surface area contributed by atoms with E-state index in [0.717, 1.165) is 0 Å². The molecule has 4 atom stereocenters. The first kappa shape index (κ1) is 35.1. The molecule has 0 aliphatic carbocycles. The quantitative estimate of drug-likeness (QED) is 0.118. The van der Waals surface area contributed by atoms with Crippen molar-refractivity contribution in [3.63, 3.8) is 0 Å². The molecule has 2 rings (SSSR count). The fraction of sp³-hybridized carbons (Fsp3) is 0.414. The van der Waals surface area contributed by atoms with Crippen LogP contribution in [-0.2, 0) is 41.4 Å². The lowest BCUT2D eigenvalue weighted by Crippen LogP contribution is -2.57. The zero-order valence-corrected chi connectivity index (χ0v) is 25.6. The number of nitrogens with one attached hydrogen (secondary N) is 3. The van der Waals surface area contributed by atoms with Crippen LogP contribution in [0.4, 0.5) is 0 Å². The van der Waals surface area contributed by atoms with Crippen molar-refractivity contribution in [2.75, 3.05) is 0 Å². The number of benzene rings is 2. The number of carbonyl (C=O) groups excluding carboxylic acids is 5. The van der Waals surface area contributed by atoms with E-state index in [4.69, 9.17) is 9.47 Å². The van der Waals surface area contributed by atoms with Crippen LogP contribution in [0.2, 0.25) is 0 Å². The molecule has 2 aromatic carbocycles. The molecule has 3 amide bonds. The van der Waals surface area contributed by atoms with Crippen molar-refractivity contribution in [2.45, 2.75) is 71.7 Å². The molecule has 0 spiro atoms. The van der Waals surface area contributed by atoms with Gasteiger partial charge in [0.15, 0.2) is 0 Å². The van der Waals surface area contributed by atoms with Crippen LogP contribution in [0.1, 0.15) is 52.2 Å². The van der Waals surface area contributed by atoms with Gasteiger partial charge in [-0.15, -0.1) is 0 Å². The van der Waals surface area contributed by atoms with E-state index >= 15 is 0 Å². The summed E-state index contributed by atoms with van der Waals surface area (Å²) in [6, 6.07) is 9.82. The summed E-state index contributed by atoms with van der Waals surface area (Å²) in [5, 5.41) is 7.60. The Morgan fingerprint density at radius 3 is 1.60 bits per heavy atom. The van der Waals surface area contributed by atoms with Crippen LogP contribution in [0.3, 0.4) is 0 Å². The molecule has 13 nitrogen and oxygen atoms in total. The highest BCUT2D eigenvalue weighted by atomic mass is 31.2. The first-order valence-corrected chi connectivity index (χ1v) is 15.2. The maximum atomic E-state index is 13.5. The smallest absolute Gasteiger partial charge is 0.347 e. The van der Waals surface area contributed by atoms with Crippen LogP contribution in [-0.4, -0.2) is 57.3 Å². The van der Waals surface area contributed by atoms with E-state index in [1.807, 2.05) is 6.92 Å². The second-order valence-corrected chi connectivity index (χ2v) is 11.9. The standard InChI is InChI=1S/C29H38N3O10P/c1-6-17(2)27(30-18(3)33)29(37)31-25(15-21-7-11-23(12-8-21)41-19(4)34)28(36)32-26(43(38,39)40)16-22-9-13-24(14-10-22)42-20(5)35/h7-14,17,25-27H,6,15-16H2,1-5H3,(H,30,33)(H,31,37)(H,32,36)(H2,38,39,40)/t17-,25-,26+,27-/m0/s1. The number of hydrogen-bond donors (Lipinski definition) is 5. The van der Waals surface area contributed by atoms with Gasteiger partial charge in [0.1, 0.15) is 29.4 Å². The Bertz CT molecular complexity index is 1340. The minimum atomic E-state index is -4.90. The number of ether oxygens (including phenoxy) is 2. The van der Waals surface area contributed by atoms with Crippen molar-refractivity contribution in [3.05, 3.63) is 59.7 Å². The summed E-state index contributed by atoms with van der Waals surface area (Å²) in [6.45, 7) is 7.35. The Hall–Kier alpha value is -4.06. The topological polar surface area (TPSA) is 197 Å². The van der Waals surface area contributed by atoms with E-state index in [2.05, 4.69) is 16.0 Å². The van der Waals surface area contributed by atoms with Crippen molar-refractivity contribution in [1.29, 1.82) is 0 Å². The van der Waals surface area contributed by atoms with Crippen molar-refractivity contribution >= 4 is 37.3 Å². The third-order valence-electron chi connectivity index (χ3n) is 6.44. The molecule has 0 aromatic heterocycles. The lowest BCUT2D eigenvalue weighted by Gasteiger charge is -2.28. The molecule has 0 bridgehead atoms. The molecule has 0 unspecified atom stereocenters. The van der Waals surface area contributed by atoms with Gasteiger partial charge in [-0.3, -0.25) is 28.5 Å². The Kier molecular flexibility index (Phi) is 13.0. The van der Waals surface area contributed by atoms with Gasteiger partial charge in [0.05, 0.1) is 0 Å². The minimum Gasteiger partial charge on any atom is -0.427 e. The lowest BCUT2D eigenvalue weighted by molar-refractivity contribution is -0.132. The van der Waals surface area contributed by atoms with Gasteiger partial charge < -0.3 is 35.2 Å². The van der Waals surface area contributed by atoms with Crippen LogP contribution >= 0.6 is 7.60 Å². The molecule has 0 heterocycles. The van der Waals surface area contributed by atoms with Gasteiger partial charge in [-0.05, 0) is 41.3 Å². The highest BCUT2D eigenvalue weighted by Gasteiger charge is 2.35. The molecular weight excluding hydrogens is 581 g/mol. The summed E-state index contributed by atoms with van der Waals surface area (Å²) >= 11 is 0. The van der Waals surface area contributed by atoms with Crippen LogP contribution in [0, 0.1) is 5.92 Å². The highest BCUT2D eigenvalue weighted by Crippen LogP contribution is 2.41. The number of hydrogen-bond acceptors (Lipinski definition) is 8. The van der Waals surface area contributed by atoms with Gasteiger partial charge >= 0.3 is 19.5 Å². The molecule has 234 valence electrons. The molecule has 0 saturated heterocycles. The van der Waals surface area contributed by atoms with E-state index in [1.165, 1.54) is 57.2 Å². The van der Waals surface area contributed by atoms with E-state index < -0.39 is 55.1 Å². The van der Waals surface area contributed by atoms with E-state index in [9.17, 15) is 38.3 Å². The van der Waals surface area contributed by atoms with Crippen molar-refractivity contribution in [1.82, 2.24) is 16.0 Å². The zero-order valence-electron chi connectivity index (χ0n) is 24.7. The van der Waals surface area contributed by atoms with Gasteiger partial charge in [0, 0.05) is 33.6 Å². The molecule has 14 heteroatoms. The summed E-state index contributed by atoms with van der Waals surface area (Å²) in [6.07, 6.45) is 0.190. The minimum absolute atomic E-state index is 0.0871. The molecule has 0 saturated carbocycles. The van der Waals surface area contributed by atoms with Gasteiger partial charge in [0.25, 0.3) is 0 Å². The van der Waals surface area contributed by atoms with E-state index in [-0.39, 0.29) is 30.3 Å². The second-order valence-electron chi connectivity index (χ2n) is 10.1. The van der Waals surface area contributed by atoms with Gasteiger partial charge in [-0.2, -0.15) is 0 Å². The molecule has 5 N–H and O–H groups in total. The molecule has 0 aliphatic heterocycles. The van der Waals surface area contributed by atoms with Crippen LogP contribution in [0.5, 0.6) is 11.5 Å². The molecule has 0 fully saturated rings. The second kappa shape index (κ2) is 16.0. The summed E-state index contributed by atoms with van der Waals surface area (Å²) in [5.74, 6) is -4.42. The lowest BCUT2D eigenvalue weighted by atomic mass is 9.97. The molecule has 43 heavy (non-hydrogen) atoms. The monoisotopic (exact) mass is 619 g/mol. The largest absolute Gasteiger partial charge is 0.427 e. The van der Waals surface area contributed by atoms with Gasteiger partial charge in [-0.1, -0.05) is 44.5 Å². The van der Waals surface area contributed by atoms with E-state index in [1.54, 1.807) is 19.1 Å². The summed E-state index contributed by atoms with van der Waals surface area (Å²) in [4.78, 5) is 81.1. The fourth-order valence-corrected chi connectivity index (χ4v) is 4.83. The van der Waals surface area contributed by atoms with Crippen LogP contribution in [0.25, 0.3) is 0 Å². The van der Waals surface area contributed by atoms with E-state index in [0.29, 0.717) is 17.5 Å². The fourth-order valence-electron chi connectivity index (χ4n) is 4.09. The van der Waals surface area contributed by atoms with Gasteiger partial charge in [0.2, 0.25) is 17.7 Å². The van der Waals surface area contributed by atoms with Crippen LogP contribution < -0.4 is 25.4 Å². The van der Waals surface area contributed by atoms with Gasteiger partial charge in [-0.25, -0.2) is 0 Å². The first-order chi connectivity index (χ1) is 20.1. The first-order valence-electron chi connectivity index (χ1n) is 13.6. The average molecular weight is 620 g/mol. The Labute approximate surface area is 249 Å². The molecular formula is C29H38N3O10P. The summed E-state index contributed by atoms with van der Waals surface area (Å²) in [5.41, 5.74) is 0.985. The van der Waals surface area contributed by atoms with Crippen LogP contribution in [0.15, 0.2) is 48.5 Å². The Balaban J connectivity index is 2.34. The SMILES string of the molecule is CC[C@H](C)[C@H](NC(C)=O)C(=O)N[C@@H](Cc1ccc(OC(C)=O)cc1)C(=O)N[C@@H](Cc1ccc(OC(C)=O)cc1)P(=O)(O)O.